The van der Waals surface area contributed by atoms with Gasteiger partial charge < -0.3 is 0 Å². The third-order valence-electron chi connectivity index (χ3n) is 1.56. The van der Waals surface area contributed by atoms with E-state index in [-0.39, 0.29) is 5.25 Å². The van der Waals surface area contributed by atoms with Gasteiger partial charge in [0.15, 0.2) is 0 Å². The number of hydrogen-bond donors (Lipinski definition) is 0. The normalized spacial score (nSPS) is 19.4. The average molecular weight is 181 g/mol. The molecule has 1 atom stereocenters. The maximum atomic E-state index is 5.14. The average Bonchev–Trinajstić information content (AvgIpc) is 2.04. The minimum atomic E-state index is -0.0209. The van der Waals surface area contributed by atoms with Crippen LogP contribution in [0, 0.1) is 0 Å². The summed E-state index contributed by atoms with van der Waals surface area (Å²) in [5, 5.41) is -0.0209. The van der Waals surface area contributed by atoms with Gasteiger partial charge in [-0.05, 0) is 5.57 Å². The Hall–Kier alpha value is -0.340. The van der Waals surface area contributed by atoms with Crippen molar-refractivity contribution in [3.05, 3.63) is 36.5 Å². The van der Waals surface area contributed by atoms with Gasteiger partial charge in [-0.15, -0.1) is 6.58 Å². The van der Waals surface area contributed by atoms with E-state index in [2.05, 4.69) is 6.58 Å². The predicted octanol–water partition coefficient (Wildman–Crippen LogP) is 2.99. The lowest BCUT2D eigenvalue weighted by atomic mass is 10.0. The topological polar surface area (TPSA) is 0 Å². The van der Waals surface area contributed by atoms with Crippen LogP contribution >= 0.6 is 24.8 Å². The summed E-state index contributed by atoms with van der Waals surface area (Å²) in [7, 11) is 0. The summed E-state index contributed by atoms with van der Waals surface area (Å²) in [4.78, 5) is 0.951. The van der Waals surface area contributed by atoms with Crippen molar-refractivity contribution < 1.29 is 0 Å². The third kappa shape index (κ3) is 2.04. The van der Waals surface area contributed by atoms with Crippen LogP contribution in [0.25, 0.3) is 0 Å². The Kier molecular flexibility index (Phi) is 3.09. The largest absolute Gasteiger partial charge is 0.102 e. The van der Waals surface area contributed by atoms with Crippen LogP contribution in [0.1, 0.15) is 6.42 Å². The molecule has 1 rings (SSSR count). The zero-order valence-electron chi connectivity index (χ0n) is 6.12. The molecule has 1 aliphatic rings. The van der Waals surface area contributed by atoms with Gasteiger partial charge in [0.25, 0.3) is 0 Å². The highest BCUT2D eigenvalue weighted by atomic mass is 32.1. The monoisotopic (exact) mass is 181 g/mol. The molecule has 0 bridgehead atoms. The summed E-state index contributed by atoms with van der Waals surface area (Å²) in [6, 6.07) is 0. The Morgan fingerprint density at radius 2 is 2.36 bits per heavy atom. The molecule has 1 radical (unpaired) electrons. The number of thiocarbonyl (C=S) groups is 1. The van der Waals surface area contributed by atoms with Crippen molar-refractivity contribution >= 4 is 29.7 Å². The molecule has 1 aliphatic carbocycles. The Bertz CT molecular complexity index is 236. The standard InChI is InChI=1S/C9H9S2/c1-2-8(10)7-5-3-4-6-9(7)11/h2-5,8H,1,6H2. The molecule has 0 aromatic heterocycles. The lowest BCUT2D eigenvalue weighted by molar-refractivity contribution is 1.31. The molecular formula is C9H9S2. The van der Waals surface area contributed by atoms with Crippen molar-refractivity contribution in [3.63, 3.8) is 0 Å². The van der Waals surface area contributed by atoms with E-state index < -0.39 is 0 Å². The molecule has 0 aliphatic heterocycles. The molecule has 0 amide bonds. The Morgan fingerprint density at radius 3 is 2.91 bits per heavy atom. The quantitative estimate of drug-likeness (QED) is 0.466. The lowest BCUT2D eigenvalue weighted by Crippen LogP contribution is -2.10. The second kappa shape index (κ2) is 3.88. The van der Waals surface area contributed by atoms with Gasteiger partial charge in [0.1, 0.15) is 0 Å². The minimum absolute atomic E-state index is 0.0209. The summed E-state index contributed by atoms with van der Waals surface area (Å²) >= 11 is 10.3. The van der Waals surface area contributed by atoms with E-state index >= 15 is 0 Å². The van der Waals surface area contributed by atoms with E-state index in [0.29, 0.717) is 0 Å². The van der Waals surface area contributed by atoms with Gasteiger partial charge in [-0.2, -0.15) is 0 Å². The summed E-state index contributed by atoms with van der Waals surface area (Å²) in [6.07, 6.45) is 8.60. The number of allylic oxidation sites excluding steroid dienone is 3. The maximum absolute atomic E-state index is 5.14. The zero-order valence-corrected chi connectivity index (χ0v) is 7.75. The fourth-order valence-corrected chi connectivity index (χ4v) is 1.52. The van der Waals surface area contributed by atoms with Crippen LogP contribution in [-0.2, 0) is 0 Å². The van der Waals surface area contributed by atoms with Crippen LogP contribution in [0.4, 0.5) is 0 Å². The van der Waals surface area contributed by atoms with E-state index in [1.807, 2.05) is 18.2 Å². The molecule has 11 heavy (non-hydrogen) atoms. The van der Waals surface area contributed by atoms with Gasteiger partial charge in [-0.1, -0.05) is 49.2 Å². The summed E-state index contributed by atoms with van der Waals surface area (Å²) in [6.45, 7) is 3.64. The van der Waals surface area contributed by atoms with Crippen LogP contribution in [-0.4, -0.2) is 10.1 Å². The van der Waals surface area contributed by atoms with E-state index in [0.717, 1.165) is 16.9 Å². The van der Waals surface area contributed by atoms with Gasteiger partial charge in [0, 0.05) is 11.3 Å². The van der Waals surface area contributed by atoms with Crippen molar-refractivity contribution in [2.24, 2.45) is 0 Å². The Balaban J connectivity index is 2.83. The van der Waals surface area contributed by atoms with Gasteiger partial charge in [-0.3, -0.25) is 0 Å². The molecule has 0 spiro atoms. The second-order valence-electron chi connectivity index (χ2n) is 2.33. The van der Waals surface area contributed by atoms with Crippen LogP contribution in [0.3, 0.4) is 0 Å². The summed E-state index contributed by atoms with van der Waals surface area (Å²) < 4.78 is 0. The van der Waals surface area contributed by atoms with Crippen LogP contribution in [0.15, 0.2) is 36.5 Å². The molecule has 0 N–H and O–H groups in total. The van der Waals surface area contributed by atoms with Crippen molar-refractivity contribution in [1.29, 1.82) is 0 Å². The molecule has 0 fully saturated rings. The van der Waals surface area contributed by atoms with E-state index in [1.165, 1.54) is 0 Å². The molecule has 1 unspecified atom stereocenters. The zero-order chi connectivity index (χ0) is 8.27. The molecular weight excluding hydrogens is 172 g/mol. The first kappa shape index (κ1) is 8.75. The predicted molar refractivity (Wildman–Crippen MR) is 56.0 cm³/mol. The second-order valence-corrected chi connectivity index (χ2v) is 3.33. The van der Waals surface area contributed by atoms with Crippen LogP contribution in [0.2, 0.25) is 0 Å². The first-order chi connectivity index (χ1) is 5.25. The van der Waals surface area contributed by atoms with Gasteiger partial charge in [0.2, 0.25) is 0 Å². The number of rotatable bonds is 2. The molecule has 0 saturated heterocycles. The molecule has 0 aromatic rings. The fourth-order valence-electron chi connectivity index (χ4n) is 0.938. The summed E-state index contributed by atoms with van der Waals surface area (Å²) in [5.41, 5.74) is 1.06. The third-order valence-corrected chi connectivity index (χ3v) is 2.41. The highest BCUT2D eigenvalue weighted by Gasteiger charge is 2.11. The lowest BCUT2D eigenvalue weighted by Gasteiger charge is -2.12. The van der Waals surface area contributed by atoms with E-state index in [9.17, 15) is 0 Å². The first-order valence-electron chi connectivity index (χ1n) is 3.44. The highest BCUT2D eigenvalue weighted by Crippen LogP contribution is 2.18. The highest BCUT2D eigenvalue weighted by molar-refractivity contribution is 7.82. The van der Waals surface area contributed by atoms with E-state index in [1.54, 1.807) is 6.08 Å². The Labute approximate surface area is 78.1 Å². The summed E-state index contributed by atoms with van der Waals surface area (Å²) in [5.74, 6) is 0. The van der Waals surface area contributed by atoms with E-state index in [4.69, 9.17) is 24.8 Å². The SMILES string of the molecule is C=CC([S])C1=CC=CCC1=S. The molecule has 0 heterocycles. The number of hydrogen-bond acceptors (Lipinski definition) is 1. The van der Waals surface area contributed by atoms with Crippen molar-refractivity contribution in [2.75, 3.05) is 0 Å². The fraction of sp³-hybridized carbons (Fsp3) is 0.222. The molecule has 0 saturated carbocycles. The maximum Gasteiger partial charge on any atom is 0.0589 e. The van der Waals surface area contributed by atoms with Crippen molar-refractivity contribution in [3.8, 4) is 0 Å². The minimum Gasteiger partial charge on any atom is -0.102 e. The molecule has 0 nitrogen and oxygen atoms in total. The smallest absolute Gasteiger partial charge is 0.0589 e. The van der Waals surface area contributed by atoms with Crippen molar-refractivity contribution in [2.45, 2.75) is 11.7 Å². The van der Waals surface area contributed by atoms with Crippen LogP contribution < -0.4 is 0 Å². The molecule has 2 heteroatoms. The van der Waals surface area contributed by atoms with Crippen LogP contribution in [0.5, 0.6) is 0 Å². The van der Waals surface area contributed by atoms with Gasteiger partial charge in [0.05, 0.1) is 5.25 Å². The Morgan fingerprint density at radius 1 is 1.64 bits per heavy atom. The molecule has 0 aromatic carbocycles. The van der Waals surface area contributed by atoms with Gasteiger partial charge in [-0.25, -0.2) is 0 Å². The van der Waals surface area contributed by atoms with Gasteiger partial charge >= 0.3 is 0 Å². The first-order valence-corrected chi connectivity index (χ1v) is 4.32. The van der Waals surface area contributed by atoms with Crippen molar-refractivity contribution in [1.82, 2.24) is 0 Å². The molecule has 57 valence electrons.